The summed E-state index contributed by atoms with van der Waals surface area (Å²) in [6.07, 6.45) is 0.377. The van der Waals surface area contributed by atoms with E-state index < -0.39 is 6.10 Å². The second-order valence-electron chi connectivity index (χ2n) is 4.52. The number of rotatable bonds is 3. The van der Waals surface area contributed by atoms with Crippen LogP contribution in [0, 0.1) is 0 Å². The molecule has 0 bridgehead atoms. The molecule has 4 nitrogen and oxygen atoms in total. The number of benzene rings is 1. The molecule has 1 aliphatic heterocycles. The Kier molecular flexibility index (Phi) is 4.24. The maximum absolute atomic E-state index is 12.1. The fourth-order valence-corrected chi connectivity index (χ4v) is 2.40. The maximum Gasteiger partial charge on any atom is 0.263 e. The number of carbonyl (C=O) groups excluding carboxylic acids is 1. The summed E-state index contributed by atoms with van der Waals surface area (Å²) in [5.74, 6) is 0.681. The SMILES string of the molecule is C[C@H](Oc1ccccc1Br)C(=O)N1CC[C@@H](N)C1. The van der Waals surface area contributed by atoms with Crippen LogP contribution in [-0.2, 0) is 4.79 Å². The molecule has 1 aromatic rings. The van der Waals surface area contributed by atoms with Crippen LogP contribution < -0.4 is 10.5 Å². The van der Waals surface area contributed by atoms with Crippen molar-refractivity contribution in [2.45, 2.75) is 25.5 Å². The largest absolute Gasteiger partial charge is 0.480 e. The van der Waals surface area contributed by atoms with E-state index in [0.29, 0.717) is 12.3 Å². The first-order chi connectivity index (χ1) is 8.58. The van der Waals surface area contributed by atoms with Gasteiger partial charge in [0.05, 0.1) is 4.47 Å². The van der Waals surface area contributed by atoms with Gasteiger partial charge in [-0.05, 0) is 41.4 Å². The van der Waals surface area contributed by atoms with Gasteiger partial charge in [-0.1, -0.05) is 12.1 Å². The average Bonchev–Trinajstić information content (AvgIpc) is 2.78. The molecule has 1 fully saturated rings. The third kappa shape index (κ3) is 3.03. The highest BCUT2D eigenvalue weighted by Gasteiger charge is 2.28. The average molecular weight is 313 g/mol. The molecule has 0 radical (unpaired) electrons. The lowest BCUT2D eigenvalue weighted by molar-refractivity contribution is -0.136. The second kappa shape index (κ2) is 5.71. The molecule has 0 aromatic heterocycles. The van der Waals surface area contributed by atoms with Crippen molar-refractivity contribution < 1.29 is 9.53 Å². The molecule has 1 heterocycles. The Morgan fingerprint density at radius 2 is 2.28 bits per heavy atom. The van der Waals surface area contributed by atoms with Gasteiger partial charge in [0.15, 0.2) is 6.10 Å². The Hall–Kier alpha value is -1.07. The van der Waals surface area contributed by atoms with Crippen molar-refractivity contribution in [3.05, 3.63) is 28.7 Å². The van der Waals surface area contributed by atoms with Crippen LogP contribution in [0.25, 0.3) is 0 Å². The molecule has 0 spiro atoms. The number of hydrogen-bond acceptors (Lipinski definition) is 3. The molecular weight excluding hydrogens is 296 g/mol. The van der Waals surface area contributed by atoms with E-state index in [9.17, 15) is 4.79 Å². The van der Waals surface area contributed by atoms with Gasteiger partial charge < -0.3 is 15.4 Å². The molecule has 1 saturated heterocycles. The predicted molar refractivity (Wildman–Crippen MR) is 73.4 cm³/mol. The van der Waals surface area contributed by atoms with Crippen molar-refractivity contribution in [2.75, 3.05) is 13.1 Å². The van der Waals surface area contributed by atoms with Crippen LogP contribution >= 0.6 is 15.9 Å². The van der Waals surface area contributed by atoms with Gasteiger partial charge in [-0.25, -0.2) is 0 Å². The number of ether oxygens (including phenoxy) is 1. The van der Waals surface area contributed by atoms with Crippen LogP contribution in [0.1, 0.15) is 13.3 Å². The molecule has 18 heavy (non-hydrogen) atoms. The zero-order valence-electron chi connectivity index (χ0n) is 10.3. The highest BCUT2D eigenvalue weighted by atomic mass is 79.9. The standard InChI is InChI=1S/C13H17BrN2O2/c1-9(13(17)16-7-6-10(15)8-16)18-12-5-3-2-4-11(12)14/h2-5,9-10H,6-8,15H2,1H3/t9-,10+/m0/s1. The van der Waals surface area contributed by atoms with E-state index in [1.165, 1.54) is 0 Å². The number of amides is 1. The van der Waals surface area contributed by atoms with Gasteiger partial charge in [0.25, 0.3) is 5.91 Å². The Morgan fingerprint density at radius 3 is 2.89 bits per heavy atom. The quantitative estimate of drug-likeness (QED) is 0.925. The minimum absolute atomic E-state index is 0.00120. The van der Waals surface area contributed by atoms with Gasteiger partial charge >= 0.3 is 0 Å². The first-order valence-electron chi connectivity index (χ1n) is 6.03. The normalized spacial score (nSPS) is 20.8. The van der Waals surface area contributed by atoms with Gasteiger partial charge in [0, 0.05) is 19.1 Å². The van der Waals surface area contributed by atoms with Crippen molar-refractivity contribution in [1.29, 1.82) is 0 Å². The first-order valence-corrected chi connectivity index (χ1v) is 6.83. The van der Waals surface area contributed by atoms with Crippen molar-refractivity contribution in [3.63, 3.8) is 0 Å². The predicted octanol–water partition coefficient (Wildman–Crippen LogP) is 1.78. The van der Waals surface area contributed by atoms with E-state index in [4.69, 9.17) is 10.5 Å². The van der Waals surface area contributed by atoms with Crippen LogP contribution in [-0.4, -0.2) is 36.0 Å². The maximum atomic E-state index is 12.1. The third-order valence-corrected chi connectivity index (χ3v) is 3.68. The van der Waals surface area contributed by atoms with E-state index >= 15 is 0 Å². The summed E-state index contributed by atoms with van der Waals surface area (Å²) < 4.78 is 6.53. The second-order valence-corrected chi connectivity index (χ2v) is 5.38. The van der Waals surface area contributed by atoms with Gasteiger partial charge in [-0.2, -0.15) is 0 Å². The molecule has 0 unspecified atom stereocenters. The number of nitrogens with zero attached hydrogens (tertiary/aromatic N) is 1. The lowest BCUT2D eigenvalue weighted by atomic mass is 10.3. The summed E-state index contributed by atoms with van der Waals surface area (Å²) in [6, 6.07) is 7.61. The Balaban J connectivity index is 1.98. The van der Waals surface area contributed by atoms with E-state index in [0.717, 1.165) is 17.4 Å². The molecule has 2 N–H and O–H groups in total. The molecule has 1 amide bonds. The van der Waals surface area contributed by atoms with Crippen molar-refractivity contribution in [1.82, 2.24) is 4.90 Å². The van der Waals surface area contributed by atoms with Crippen LogP contribution in [0.4, 0.5) is 0 Å². The first kappa shape index (κ1) is 13.4. The van der Waals surface area contributed by atoms with Crippen LogP contribution in [0.3, 0.4) is 0 Å². The summed E-state index contributed by atoms with van der Waals surface area (Å²) in [5, 5.41) is 0. The number of nitrogens with two attached hydrogens (primary N) is 1. The topological polar surface area (TPSA) is 55.6 Å². The highest BCUT2D eigenvalue weighted by Crippen LogP contribution is 2.25. The van der Waals surface area contributed by atoms with Crippen molar-refractivity contribution >= 4 is 21.8 Å². The molecule has 2 rings (SSSR count). The Labute approximate surface area is 115 Å². The zero-order chi connectivity index (χ0) is 13.1. The summed E-state index contributed by atoms with van der Waals surface area (Å²) >= 11 is 3.40. The van der Waals surface area contributed by atoms with Crippen LogP contribution in [0.2, 0.25) is 0 Å². The number of likely N-dealkylation sites (tertiary alicyclic amines) is 1. The van der Waals surface area contributed by atoms with Crippen LogP contribution in [0.5, 0.6) is 5.75 Å². The van der Waals surface area contributed by atoms with Gasteiger partial charge in [-0.3, -0.25) is 4.79 Å². The van der Waals surface area contributed by atoms with Crippen LogP contribution in [0.15, 0.2) is 28.7 Å². The minimum Gasteiger partial charge on any atom is -0.480 e. The number of halogens is 1. The Morgan fingerprint density at radius 1 is 1.56 bits per heavy atom. The van der Waals surface area contributed by atoms with E-state index in [1.807, 2.05) is 24.3 Å². The monoisotopic (exact) mass is 312 g/mol. The van der Waals surface area contributed by atoms with E-state index in [-0.39, 0.29) is 11.9 Å². The van der Waals surface area contributed by atoms with E-state index in [1.54, 1.807) is 11.8 Å². The minimum atomic E-state index is -0.492. The summed E-state index contributed by atoms with van der Waals surface area (Å²) in [7, 11) is 0. The van der Waals surface area contributed by atoms with Crippen molar-refractivity contribution in [3.8, 4) is 5.75 Å². The fourth-order valence-electron chi connectivity index (χ4n) is 2.03. The number of hydrogen-bond donors (Lipinski definition) is 1. The number of carbonyl (C=O) groups is 1. The van der Waals surface area contributed by atoms with E-state index in [2.05, 4.69) is 15.9 Å². The molecule has 98 valence electrons. The third-order valence-electron chi connectivity index (χ3n) is 3.02. The summed E-state index contributed by atoms with van der Waals surface area (Å²) in [5.41, 5.74) is 5.80. The molecule has 2 atom stereocenters. The zero-order valence-corrected chi connectivity index (χ0v) is 11.9. The molecule has 1 aromatic carbocycles. The fraction of sp³-hybridized carbons (Fsp3) is 0.462. The lowest BCUT2D eigenvalue weighted by Gasteiger charge is -2.21. The summed E-state index contributed by atoms with van der Waals surface area (Å²) in [4.78, 5) is 13.9. The molecule has 0 saturated carbocycles. The van der Waals surface area contributed by atoms with Gasteiger partial charge in [-0.15, -0.1) is 0 Å². The number of para-hydroxylation sites is 1. The van der Waals surface area contributed by atoms with Gasteiger partial charge in [0.1, 0.15) is 5.75 Å². The van der Waals surface area contributed by atoms with Gasteiger partial charge in [0.2, 0.25) is 0 Å². The Bertz CT molecular complexity index is 439. The molecule has 1 aliphatic rings. The van der Waals surface area contributed by atoms with Crippen molar-refractivity contribution in [2.24, 2.45) is 5.73 Å². The smallest absolute Gasteiger partial charge is 0.263 e. The summed E-state index contributed by atoms with van der Waals surface area (Å²) in [6.45, 7) is 3.12. The molecular formula is C13H17BrN2O2. The molecule has 5 heteroatoms. The lowest BCUT2D eigenvalue weighted by Crippen LogP contribution is -2.40. The molecule has 0 aliphatic carbocycles. The highest BCUT2D eigenvalue weighted by molar-refractivity contribution is 9.10.